The molecule has 0 aromatic heterocycles. The first-order valence-corrected chi connectivity index (χ1v) is 6.03. The van der Waals surface area contributed by atoms with Gasteiger partial charge in [-0.3, -0.25) is 0 Å². The molecule has 2 rings (SSSR count). The van der Waals surface area contributed by atoms with Crippen molar-refractivity contribution >= 4 is 23.2 Å². The van der Waals surface area contributed by atoms with Gasteiger partial charge in [-0.15, -0.1) is 0 Å². The lowest BCUT2D eigenvalue weighted by atomic mass is 9.86. The van der Waals surface area contributed by atoms with E-state index < -0.39 is 0 Å². The zero-order valence-electron chi connectivity index (χ0n) is 8.71. The molecular formula is C12H12Cl2N2. The zero-order chi connectivity index (χ0) is 11.5. The van der Waals surface area contributed by atoms with E-state index in [-0.39, 0.29) is 5.92 Å². The van der Waals surface area contributed by atoms with E-state index >= 15 is 0 Å². The van der Waals surface area contributed by atoms with Crippen LogP contribution in [0.1, 0.15) is 17.9 Å². The van der Waals surface area contributed by atoms with Crippen LogP contribution in [0.15, 0.2) is 18.2 Å². The van der Waals surface area contributed by atoms with E-state index in [1.807, 2.05) is 6.07 Å². The maximum Gasteiger partial charge on any atom is 0.0767 e. The first kappa shape index (κ1) is 11.7. The Balaban J connectivity index is 2.30. The van der Waals surface area contributed by atoms with E-state index in [1.165, 1.54) is 0 Å². The fourth-order valence-corrected chi connectivity index (χ4v) is 2.67. The topological polar surface area (TPSA) is 35.8 Å². The first-order chi connectivity index (χ1) is 7.72. The van der Waals surface area contributed by atoms with Crippen molar-refractivity contribution < 1.29 is 0 Å². The van der Waals surface area contributed by atoms with Crippen LogP contribution in [0.3, 0.4) is 0 Å². The Hall–Kier alpha value is -0.750. The second kappa shape index (κ2) is 5.05. The second-order valence-electron chi connectivity index (χ2n) is 4.03. The van der Waals surface area contributed by atoms with Crippen LogP contribution < -0.4 is 5.32 Å². The van der Waals surface area contributed by atoms with E-state index in [0.29, 0.717) is 16.0 Å². The summed E-state index contributed by atoms with van der Waals surface area (Å²) in [6, 6.07) is 7.70. The summed E-state index contributed by atoms with van der Waals surface area (Å²) in [6.45, 7) is 1.87. The van der Waals surface area contributed by atoms with E-state index in [2.05, 4.69) is 11.4 Å². The number of hydrogen-bond acceptors (Lipinski definition) is 2. The molecular weight excluding hydrogens is 243 g/mol. The summed E-state index contributed by atoms with van der Waals surface area (Å²) in [6.07, 6.45) is 1.02. The predicted octanol–water partition coefficient (Wildman–Crippen LogP) is 3.21. The maximum atomic E-state index is 9.26. The van der Waals surface area contributed by atoms with Crippen LogP contribution in [0.5, 0.6) is 0 Å². The summed E-state index contributed by atoms with van der Waals surface area (Å²) >= 11 is 12.0. The van der Waals surface area contributed by atoms with Crippen LogP contribution in [0.4, 0.5) is 0 Å². The van der Waals surface area contributed by atoms with Gasteiger partial charge in [0.25, 0.3) is 0 Å². The molecule has 1 heterocycles. The molecule has 16 heavy (non-hydrogen) atoms. The Morgan fingerprint density at radius 1 is 1.44 bits per heavy atom. The van der Waals surface area contributed by atoms with Crippen molar-refractivity contribution in [1.82, 2.24) is 5.32 Å². The Bertz CT molecular complexity index is 420. The average Bonchev–Trinajstić information content (AvgIpc) is 2.75. The highest BCUT2D eigenvalue weighted by molar-refractivity contribution is 6.35. The van der Waals surface area contributed by atoms with Gasteiger partial charge in [0.05, 0.1) is 12.0 Å². The molecule has 2 atom stereocenters. The molecule has 0 amide bonds. The van der Waals surface area contributed by atoms with Gasteiger partial charge in [-0.25, -0.2) is 0 Å². The molecule has 4 heteroatoms. The molecule has 0 bridgehead atoms. The Labute approximate surface area is 105 Å². The van der Waals surface area contributed by atoms with Crippen molar-refractivity contribution in [3.63, 3.8) is 0 Å². The number of benzene rings is 1. The molecule has 1 aromatic rings. The SMILES string of the molecule is N#CC(c1ccc(Cl)cc1Cl)C1CCNC1. The number of halogens is 2. The molecule has 1 aromatic carbocycles. The minimum Gasteiger partial charge on any atom is -0.316 e. The van der Waals surface area contributed by atoms with Gasteiger partial charge in [-0.1, -0.05) is 29.3 Å². The predicted molar refractivity (Wildman–Crippen MR) is 65.8 cm³/mol. The van der Waals surface area contributed by atoms with Gasteiger partial charge >= 0.3 is 0 Å². The van der Waals surface area contributed by atoms with Gasteiger partial charge in [-0.05, 0) is 43.1 Å². The van der Waals surface area contributed by atoms with E-state index in [0.717, 1.165) is 25.1 Å². The average molecular weight is 255 g/mol. The molecule has 0 saturated carbocycles. The van der Waals surface area contributed by atoms with Crippen molar-refractivity contribution in [2.45, 2.75) is 12.3 Å². The fourth-order valence-electron chi connectivity index (χ4n) is 2.14. The van der Waals surface area contributed by atoms with Gasteiger partial charge in [0.15, 0.2) is 0 Å². The highest BCUT2D eigenvalue weighted by Gasteiger charge is 2.27. The number of rotatable bonds is 2. The third-order valence-corrected chi connectivity index (χ3v) is 3.57. The van der Waals surface area contributed by atoms with Crippen molar-refractivity contribution in [2.24, 2.45) is 5.92 Å². The highest BCUT2D eigenvalue weighted by atomic mass is 35.5. The number of nitriles is 1. The van der Waals surface area contributed by atoms with Crippen LogP contribution >= 0.6 is 23.2 Å². The van der Waals surface area contributed by atoms with Crippen LogP contribution in [0, 0.1) is 17.2 Å². The third-order valence-electron chi connectivity index (χ3n) is 3.01. The van der Waals surface area contributed by atoms with Crippen molar-refractivity contribution in [1.29, 1.82) is 5.26 Å². The minimum absolute atomic E-state index is 0.139. The van der Waals surface area contributed by atoms with Gasteiger partial charge in [-0.2, -0.15) is 5.26 Å². The fraction of sp³-hybridized carbons (Fsp3) is 0.417. The lowest BCUT2D eigenvalue weighted by Crippen LogP contribution is -2.15. The molecule has 0 aliphatic carbocycles. The molecule has 2 nitrogen and oxygen atoms in total. The molecule has 84 valence electrons. The summed E-state index contributed by atoms with van der Waals surface area (Å²) < 4.78 is 0. The molecule has 1 fully saturated rings. The van der Waals surface area contributed by atoms with E-state index in [1.54, 1.807) is 12.1 Å². The lowest BCUT2D eigenvalue weighted by molar-refractivity contribution is 0.531. The third kappa shape index (κ3) is 2.32. The minimum atomic E-state index is -0.139. The second-order valence-corrected chi connectivity index (χ2v) is 4.87. The standard InChI is InChI=1S/C12H12Cl2N2/c13-9-1-2-10(12(14)5-9)11(6-15)8-3-4-16-7-8/h1-2,5,8,11,16H,3-4,7H2. The Kier molecular flexibility index (Phi) is 3.70. The maximum absolute atomic E-state index is 9.26. The van der Waals surface area contributed by atoms with Gasteiger partial charge in [0.1, 0.15) is 0 Å². The van der Waals surface area contributed by atoms with Gasteiger partial charge < -0.3 is 5.32 Å². The van der Waals surface area contributed by atoms with Crippen molar-refractivity contribution in [3.8, 4) is 6.07 Å². The molecule has 1 saturated heterocycles. The molecule has 2 unspecified atom stereocenters. The zero-order valence-corrected chi connectivity index (χ0v) is 10.2. The number of nitrogens with zero attached hydrogens (tertiary/aromatic N) is 1. The quantitative estimate of drug-likeness (QED) is 0.880. The monoisotopic (exact) mass is 254 g/mol. The molecule has 1 aliphatic heterocycles. The Morgan fingerprint density at radius 2 is 2.25 bits per heavy atom. The van der Waals surface area contributed by atoms with Crippen LogP contribution in [-0.4, -0.2) is 13.1 Å². The highest BCUT2D eigenvalue weighted by Crippen LogP contribution is 2.34. The van der Waals surface area contributed by atoms with Crippen LogP contribution in [0.25, 0.3) is 0 Å². The van der Waals surface area contributed by atoms with Crippen LogP contribution in [-0.2, 0) is 0 Å². The van der Waals surface area contributed by atoms with Crippen LogP contribution in [0.2, 0.25) is 10.0 Å². The number of hydrogen-bond donors (Lipinski definition) is 1. The van der Waals surface area contributed by atoms with Crippen molar-refractivity contribution in [3.05, 3.63) is 33.8 Å². The smallest absolute Gasteiger partial charge is 0.0767 e. The molecule has 1 aliphatic rings. The molecule has 1 N–H and O–H groups in total. The lowest BCUT2D eigenvalue weighted by Gasteiger charge is -2.17. The largest absolute Gasteiger partial charge is 0.316 e. The summed E-state index contributed by atoms with van der Waals surface area (Å²) in [5.74, 6) is 0.212. The molecule has 0 spiro atoms. The summed E-state index contributed by atoms with van der Waals surface area (Å²) in [7, 11) is 0. The summed E-state index contributed by atoms with van der Waals surface area (Å²) in [5.41, 5.74) is 0.891. The van der Waals surface area contributed by atoms with E-state index in [4.69, 9.17) is 23.2 Å². The van der Waals surface area contributed by atoms with Crippen molar-refractivity contribution in [2.75, 3.05) is 13.1 Å². The Morgan fingerprint density at radius 3 is 2.81 bits per heavy atom. The summed E-state index contributed by atoms with van der Waals surface area (Å²) in [4.78, 5) is 0. The van der Waals surface area contributed by atoms with Gasteiger partial charge in [0.2, 0.25) is 0 Å². The summed E-state index contributed by atoms with van der Waals surface area (Å²) in [5, 5.41) is 13.7. The molecule has 0 radical (unpaired) electrons. The normalized spacial score (nSPS) is 21.7. The van der Waals surface area contributed by atoms with E-state index in [9.17, 15) is 5.26 Å². The number of nitrogens with one attached hydrogen (secondary N) is 1. The first-order valence-electron chi connectivity index (χ1n) is 5.27. The van der Waals surface area contributed by atoms with Gasteiger partial charge in [0, 0.05) is 10.0 Å².